The number of rotatable bonds is 4. The first-order valence-corrected chi connectivity index (χ1v) is 8.48. The van der Waals surface area contributed by atoms with E-state index >= 15 is 0 Å². The van der Waals surface area contributed by atoms with Crippen LogP contribution in [0.15, 0.2) is 18.3 Å². The van der Waals surface area contributed by atoms with E-state index in [1.54, 1.807) is 6.20 Å². The fourth-order valence-corrected chi connectivity index (χ4v) is 2.64. The first-order valence-electron chi connectivity index (χ1n) is 7.19. The van der Waals surface area contributed by atoms with Crippen LogP contribution in [0.3, 0.4) is 0 Å². The lowest BCUT2D eigenvalue weighted by Crippen LogP contribution is -2.45. The molecule has 6 heteroatoms. The number of morpholine rings is 1. The number of hydrogen-bond donors (Lipinski definition) is 1. The van der Waals surface area contributed by atoms with Crippen molar-refractivity contribution in [3.05, 3.63) is 18.3 Å². The standard InChI is InChI=1S/C15H23N3O2S/c1-10-8-18(9-11(2)20-10)14-6-5-13(7-16-14)17-15(19)12(3)21-4/h5-7,10-12H,8-9H2,1-4H3,(H,17,19)/t10-,11+,12-/m1/s1. The summed E-state index contributed by atoms with van der Waals surface area (Å²) in [5.41, 5.74) is 0.735. The van der Waals surface area contributed by atoms with Gasteiger partial charge in [-0.1, -0.05) is 0 Å². The van der Waals surface area contributed by atoms with Gasteiger partial charge in [0.15, 0.2) is 0 Å². The number of nitrogens with one attached hydrogen (secondary N) is 1. The molecule has 0 spiro atoms. The van der Waals surface area contributed by atoms with Crippen molar-refractivity contribution in [3.8, 4) is 0 Å². The molecule has 1 aliphatic heterocycles. The van der Waals surface area contributed by atoms with Crippen molar-refractivity contribution in [1.29, 1.82) is 0 Å². The number of amides is 1. The summed E-state index contributed by atoms with van der Waals surface area (Å²) < 4.78 is 5.72. The van der Waals surface area contributed by atoms with E-state index in [1.165, 1.54) is 11.8 Å². The van der Waals surface area contributed by atoms with Crippen molar-refractivity contribution < 1.29 is 9.53 Å². The smallest absolute Gasteiger partial charge is 0.237 e. The Morgan fingerprint density at radius 2 is 2.10 bits per heavy atom. The SMILES string of the molecule is CS[C@H](C)C(=O)Nc1ccc(N2C[C@@H](C)O[C@@H](C)C2)nc1. The zero-order valence-corrected chi connectivity index (χ0v) is 13.8. The minimum Gasteiger partial charge on any atom is -0.372 e. The van der Waals surface area contributed by atoms with Crippen LogP contribution in [-0.4, -0.2) is 47.7 Å². The van der Waals surface area contributed by atoms with E-state index in [1.807, 2.05) is 25.3 Å². The maximum Gasteiger partial charge on any atom is 0.237 e. The molecular weight excluding hydrogens is 286 g/mol. The van der Waals surface area contributed by atoms with Gasteiger partial charge in [-0.25, -0.2) is 4.98 Å². The van der Waals surface area contributed by atoms with Crippen molar-refractivity contribution in [2.75, 3.05) is 29.6 Å². The number of pyridine rings is 1. The molecule has 1 aliphatic rings. The minimum atomic E-state index is -0.0642. The number of ether oxygens (including phenoxy) is 1. The zero-order chi connectivity index (χ0) is 15.4. The highest BCUT2D eigenvalue weighted by molar-refractivity contribution is 7.99. The summed E-state index contributed by atoms with van der Waals surface area (Å²) in [4.78, 5) is 18.5. The summed E-state index contributed by atoms with van der Waals surface area (Å²) in [6.07, 6.45) is 4.05. The third-order valence-electron chi connectivity index (χ3n) is 3.48. The Morgan fingerprint density at radius 3 is 2.62 bits per heavy atom. The maximum absolute atomic E-state index is 11.8. The quantitative estimate of drug-likeness (QED) is 0.925. The van der Waals surface area contributed by atoms with Gasteiger partial charge in [0, 0.05) is 13.1 Å². The van der Waals surface area contributed by atoms with Crippen LogP contribution in [0.25, 0.3) is 0 Å². The van der Waals surface area contributed by atoms with Gasteiger partial charge in [0.2, 0.25) is 5.91 Å². The molecule has 0 bridgehead atoms. The van der Waals surface area contributed by atoms with Crippen molar-refractivity contribution >= 4 is 29.2 Å². The second-order valence-corrected chi connectivity index (χ2v) is 6.61. The second-order valence-electron chi connectivity index (χ2n) is 5.43. The molecule has 2 rings (SSSR count). The third kappa shape index (κ3) is 4.35. The van der Waals surface area contributed by atoms with Gasteiger partial charge in [-0.15, -0.1) is 0 Å². The molecule has 0 saturated carbocycles. The average Bonchev–Trinajstić information content (AvgIpc) is 2.46. The van der Waals surface area contributed by atoms with Gasteiger partial charge in [0.25, 0.3) is 0 Å². The van der Waals surface area contributed by atoms with Gasteiger partial charge in [0.1, 0.15) is 5.82 Å². The van der Waals surface area contributed by atoms with Crippen molar-refractivity contribution in [1.82, 2.24) is 4.98 Å². The lowest BCUT2D eigenvalue weighted by atomic mass is 10.2. The molecule has 1 aromatic heterocycles. The predicted octanol–water partition coefficient (Wildman–Crippen LogP) is 2.39. The number of aromatic nitrogens is 1. The summed E-state index contributed by atoms with van der Waals surface area (Å²) >= 11 is 1.52. The predicted molar refractivity (Wildman–Crippen MR) is 88.1 cm³/mol. The van der Waals surface area contributed by atoms with Crippen LogP contribution in [0.5, 0.6) is 0 Å². The molecule has 3 atom stereocenters. The Balaban J connectivity index is 2.00. The van der Waals surface area contributed by atoms with Crippen LogP contribution >= 0.6 is 11.8 Å². The van der Waals surface area contributed by atoms with E-state index < -0.39 is 0 Å². The molecular formula is C15H23N3O2S. The molecule has 1 saturated heterocycles. The topological polar surface area (TPSA) is 54.5 Å². The Morgan fingerprint density at radius 1 is 1.43 bits per heavy atom. The number of carbonyl (C=O) groups excluding carboxylic acids is 1. The van der Waals surface area contributed by atoms with Crippen LogP contribution in [-0.2, 0) is 9.53 Å². The first-order chi connectivity index (χ1) is 9.99. The van der Waals surface area contributed by atoms with Crippen molar-refractivity contribution in [2.45, 2.75) is 38.2 Å². The van der Waals surface area contributed by atoms with Gasteiger partial charge in [-0.05, 0) is 39.2 Å². The summed E-state index contributed by atoms with van der Waals surface area (Å²) in [5, 5.41) is 2.81. The van der Waals surface area contributed by atoms with Gasteiger partial charge in [0.05, 0.1) is 29.3 Å². The number of carbonyl (C=O) groups is 1. The number of thioether (sulfide) groups is 1. The molecule has 2 heterocycles. The second kappa shape index (κ2) is 7.13. The fraction of sp³-hybridized carbons (Fsp3) is 0.600. The number of nitrogens with zero attached hydrogens (tertiary/aromatic N) is 2. The molecule has 116 valence electrons. The van der Waals surface area contributed by atoms with E-state index in [2.05, 4.69) is 29.0 Å². The van der Waals surface area contributed by atoms with E-state index in [0.29, 0.717) is 0 Å². The van der Waals surface area contributed by atoms with E-state index in [4.69, 9.17) is 4.74 Å². The first kappa shape index (κ1) is 16.1. The van der Waals surface area contributed by atoms with Gasteiger partial charge in [-0.3, -0.25) is 4.79 Å². The summed E-state index contributed by atoms with van der Waals surface area (Å²) in [5.74, 6) is 0.929. The highest BCUT2D eigenvalue weighted by atomic mass is 32.2. The Kier molecular flexibility index (Phi) is 5.47. The van der Waals surface area contributed by atoms with E-state index in [9.17, 15) is 4.79 Å². The summed E-state index contributed by atoms with van der Waals surface area (Å²) in [6.45, 7) is 7.71. The molecule has 21 heavy (non-hydrogen) atoms. The van der Waals surface area contributed by atoms with Crippen LogP contribution < -0.4 is 10.2 Å². The Labute approximate surface area is 130 Å². The Hall–Kier alpha value is -1.27. The van der Waals surface area contributed by atoms with Gasteiger partial charge < -0.3 is 15.0 Å². The molecule has 1 amide bonds. The zero-order valence-electron chi connectivity index (χ0n) is 13.0. The molecule has 0 aromatic carbocycles. The van der Waals surface area contributed by atoms with E-state index in [0.717, 1.165) is 24.6 Å². The lowest BCUT2D eigenvalue weighted by molar-refractivity contribution is -0.115. The number of hydrogen-bond acceptors (Lipinski definition) is 5. The Bertz CT molecular complexity index is 470. The normalized spacial score (nSPS) is 23.7. The monoisotopic (exact) mass is 309 g/mol. The molecule has 1 N–H and O–H groups in total. The summed E-state index contributed by atoms with van der Waals surface area (Å²) in [7, 11) is 0. The maximum atomic E-state index is 11.8. The van der Waals surface area contributed by atoms with Crippen LogP contribution in [0.2, 0.25) is 0 Å². The largest absolute Gasteiger partial charge is 0.372 e. The molecule has 1 fully saturated rings. The van der Waals surface area contributed by atoms with Crippen LogP contribution in [0, 0.1) is 0 Å². The van der Waals surface area contributed by atoms with Gasteiger partial charge >= 0.3 is 0 Å². The van der Waals surface area contributed by atoms with Gasteiger partial charge in [-0.2, -0.15) is 11.8 Å². The minimum absolute atomic E-state index is 0.00525. The van der Waals surface area contributed by atoms with Crippen molar-refractivity contribution in [2.24, 2.45) is 0 Å². The molecule has 5 nitrogen and oxygen atoms in total. The highest BCUT2D eigenvalue weighted by Gasteiger charge is 2.23. The fourth-order valence-electron chi connectivity index (χ4n) is 2.36. The van der Waals surface area contributed by atoms with Crippen molar-refractivity contribution in [3.63, 3.8) is 0 Å². The average molecular weight is 309 g/mol. The lowest BCUT2D eigenvalue weighted by Gasteiger charge is -2.36. The molecule has 0 unspecified atom stereocenters. The molecule has 0 radical (unpaired) electrons. The molecule has 1 aromatic rings. The summed E-state index contributed by atoms with van der Waals surface area (Å²) in [6, 6.07) is 3.85. The van der Waals surface area contributed by atoms with Crippen LogP contribution in [0.4, 0.5) is 11.5 Å². The molecule has 0 aliphatic carbocycles. The van der Waals surface area contributed by atoms with E-state index in [-0.39, 0.29) is 23.4 Å². The highest BCUT2D eigenvalue weighted by Crippen LogP contribution is 2.20. The van der Waals surface area contributed by atoms with Crippen LogP contribution in [0.1, 0.15) is 20.8 Å². The third-order valence-corrected chi connectivity index (χ3v) is 4.40. The number of anilines is 2.